The quantitative estimate of drug-likeness (QED) is 0.775. The van der Waals surface area contributed by atoms with Crippen LogP contribution in [0.2, 0.25) is 0 Å². The predicted octanol–water partition coefficient (Wildman–Crippen LogP) is 2.22. The van der Waals surface area contributed by atoms with E-state index in [9.17, 15) is 14.4 Å². The summed E-state index contributed by atoms with van der Waals surface area (Å²) >= 11 is 0. The highest BCUT2D eigenvalue weighted by Crippen LogP contribution is 2.39. The molecule has 2 aliphatic rings. The fraction of sp³-hybridized carbons (Fsp3) is 0.609. The lowest BCUT2D eigenvalue weighted by molar-refractivity contribution is -0.141. The van der Waals surface area contributed by atoms with Gasteiger partial charge in [-0.3, -0.25) is 14.4 Å². The lowest BCUT2D eigenvalue weighted by Crippen LogP contribution is -2.58. The average Bonchev–Trinajstić information content (AvgIpc) is 3.00. The van der Waals surface area contributed by atoms with Gasteiger partial charge in [0, 0.05) is 30.7 Å². The second kappa shape index (κ2) is 9.06. The molecular weight excluding hydrogens is 380 g/mol. The van der Waals surface area contributed by atoms with Crippen LogP contribution in [0.3, 0.4) is 0 Å². The molecule has 7 heteroatoms. The average molecular weight is 415 g/mol. The number of para-hydroxylation sites is 1. The van der Waals surface area contributed by atoms with Gasteiger partial charge in [0.2, 0.25) is 11.8 Å². The van der Waals surface area contributed by atoms with Crippen molar-refractivity contribution in [2.45, 2.75) is 58.5 Å². The smallest absolute Gasteiger partial charge is 0.250 e. The molecule has 0 saturated carbocycles. The van der Waals surface area contributed by atoms with Gasteiger partial charge in [-0.2, -0.15) is 0 Å². The minimum atomic E-state index is -0.703. The van der Waals surface area contributed by atoms with Crippen LogP contribution in [0.5, 0.6) is 0 Å². The Kier molecular flexibility index (Phi) is 6.68. The summed E-state index contributed by atoms with van der Waals surface area (Å²) in [6.07, 6.45) is 1.99. The number of rotatable bonds is 6. The zero-order valence-electron chi connectivity index (χ0n) is 18.6. The summed E-state index contributed by atoms with van der Waals surface area (Å²) < 4.78 is 0. The molecule has 2 aliphatic heterocycles. The molecule has 2 fully saturated rings. The van der Waals surface area contributed by atoms with Crippen molar-refractivity contribution >= 4 is 23.4 Å². The molecule has 1 N–H and O–H groups in total. The number of nitrogens with one attached hydrogen (secondary N) is 1. The summed E-state index contributed by atoms with van der Waals surface area (Å²) in [5.74, 6) is -0.0619. The van der Waals surface area contributed by atoms with Crippen LogP contribution in [0.15, 0.2) is 30.3 Å². The van der Waals surface area contributed by atoms with Crippen molar-refractivity contribution in [1.82, 2.24) is 15.1 Å². The van der Waals surface area contributed by atoms with Gasteiger partial charge in [0.05, 0.1) is 6.67 Å². The van der Waals surface area contributed by atoms with E-state index in [4.69, 9.17) is 0 Å². The highest BCUT2D eigenvalue weighted by Gasteiger charge is 2.54. The van der Waals surface area contributed by atoms with E-state index in [-0.39, 0.29) is 36.2 Å². The number of piperidine rings is 1. The number of carbonyl (C=O) groups excluding carboxylic acids is 3. The molecule has 1 aromatic rings. The van der Waals surface area contributed by atoms with Crippen LogP contribution in [0, 0.1) is 5.92 Å². The van der Waals surface area contributed by atoms with Gasteiger partial charge in [-0.25, -0.2) is 0 Å². The summed E-state index contributed by atoms with van der Waals surface area (Å²) in [7, 11) is 0. The Balaban J connectivity index is 1.81. The number of carbonyl (C=O) groups is 3. The molecule has 1 aromatic carbocycles. The van der Waals surface area contributed by atoms with E-state index in [2.05, 4.69) is 10.2 Å². The fourth-order valence-electron chi connectivity index (χ4n) is 4.38. The summed E-state index contributed by atoms with van der Waals surface area (Å²) in [6.45, 7) is 9.34. The maximum Gasteiger partial charge on any atom is 0.250 e. The molecule has 1 spiro atoms. The Labute approximate surface area is 179 Å². The van der Waals surface area contributed by atoms with Crippen molar-refractivity contribution in [3.8, 4) is 0 Å². The largest absolute Gasteiger partial charge is 0.352 e. The van der Waals surface area contributed by atoms with Gasteiger partial charge in [-0.15, -0.1) is 0 Å². The highest BCUT2D eigenvalue weighted by molar-refractivity contribution is 5.96. The molecule has 7 nitrogen and oxygen atoms in total. The summed E-state index contributed by atoms with van der Waals surface area (Å²) in [4.78, 5) is 44.1. The predicted molar refractivity (Wildman–Crippen MR) is 117 cm³/mol. The van der Waals surface area contributed by atoms with E-state index in [1.807, 2.05) is 62.9 Å². The third-order valence-corrected chi connectivity index (χ3v) is 6.33. The third-order valence-electron chi connectivity index (χ3n) is 6.33. The minimum absolute atomic E-state index is 0.0118. The van der Waals surface area contributed by atoms with Gasteiger partial charge in [0.25, 0.3) is 5.91 Å². The maximum absolute atomic E-state index is 13.6. The van der Waals surface area contributed by atoms with Crippen LogP contribution >= 0.6 is 0 Å². The number of nitrogens with zero attached hydrogens (tertiary/aromatic N) is 3. The third kappa shape index (κ3) is 4.30. The summed E-state index contributed by atoms with van der Waals surface area (Å²) in [6, 6.07) is 9.97. The van der Waals surface area contributed by atoms with Crippen LogP contribution in [0.4, 0.5) is 5.69 Å². The first-order valence-electron chi connectivity index (χ1n) is 11.0. The lowest BCUT2D eigenvalue weighted by atomic mass is 9.85. The molecule has 0 bridgehead atoms. The van der Waals surface area contributed by atoms with Crippen molar-refractivity contribution in [2.24, 2.45) is 5.92 Å². The molecule has 3 amide bonds. The number of anilines is 1. The van der Waals surface area contributed by atoms with E-state index >= 15 is 0 Å². The second-order valence-electron chi connectivity index (χ2n) is 8.80. The Morgan fingerprint density at radius 2 is 1.73 bits per heavy atom. The molecule has 2 saturated heterocycles. The van der Waals surface area contributed by atoms with Crippen molar-refractivity contribution in [2.75, 3.05) is 31.2 Å². The van der Waals surface area contributed by atoms with Gasteiger partial charge in [-0.05, 0) is 38.3 Å². The topological polar surface area (TPSA) is 73.0 Å². The molecule has 0 aromatic heterocycles. The molecule has 2 heterocycles. The van der Waals surface area contributed by atoms with Crippen molar-refractivity contribution in [3.05, 3.63) is 30.3 Å². The Bertz CT molecular complexity index is 772. The number of likely N-dealkylation sites (tertiary alicyclic amines) is 1. The number of hydrogen-bond acceptors (Lipinski definition) is 4. The highest BCUT2D eigenvalue weighted by atomic mass is 16.2. The second-order valence-corrected chi connectivity index (χ2v) is 8.80. The SMILES string of the molecule is CC[C@H](C)NC(=O)CN1CN(c2ccccc2)C2(CCN(C(=O)C(C)C)CC2)C1=O. The molecule has 0 unspecified atom stereocenters. The van der Waals surface area contributed by atoms with E-state index in [0.29, 0.717) is 32.6 Å². The molecule has 164 valence electrons. The summed E-state index contributed by atoms with van der Waals surface area (Å²) in [5, 5.41) is 2.95. The molecule has 3 rings (SSSR count). The van der Waals surface area contributed by atoms with E-state index < -0.39 is 5.54 Å². The van der Waals surface area contributed by atoms with Crippen LogP contribution in [0.1, 0.15) is 47.0 Å². The molecular formula is C23H34N4O3. The maximum atomic E-state index is 13.6. The molecule has 0 aliphatic carbocycles. The van der Waals surface area contributed by atoms with Gasteiger partial charge < -0.3 is 20.0 Å². The molecule has 1 atom stereocenters. The zero-order chi connectivity index (χ0) is 21.9. The van der Waals surface area contributed by atoms with Crippen molar-refractivity contribution in [1.29, 1.82) is 0 Å². The monoisotopic (exact) mass is 414 g/mol. The molecule has 30 heavy (non-hydrogen) atoms. The van der Waals surface area contributed by atoms with Gasteiger partial charge in [0.15, 0.2) is 0 Å². The lowest BCUT2D eigenvalue weighted by Gasteiger charge is -2.43. The normalized spacial score (nSPS) is 19.5. The van der Waals surface area contributed by atoms with Crippen LogP contribution in [-0.4, -0.2) is 65.4 Å². The first kappa shape index (κ1) is 22.1. The van der Waals surface area contributed by atoms with Crippen molar-refractivity contribution in [3.63, 3.8) is 0 Å². The van der Waals surface area contributed by atoms with E-state index in [0.717, 1.165) is 12.1 Å². The summed E-state index contributed by atoms with van der Waals surface area (Å²) in [5.41, 5.74) is 0.269. The Hall–Kier alpha value is -2.57. The van der Waals surface area contributed by atoms with Gasteiger partial charge in [0.1, 0.15) is 12.1 Å². The van der Waals surface area contributed by atoms with Gasteiger partial charge in [-0.1, -0.05) is 39.0 Å². The number of hydrogen-bond donors (Lipinski definition) is 1. The first-order valence-corrected chi connectivity index (χ1v) is 11.0. The standard InChI is InChI=1S/C23H34N4O3/c1-5-18(4)24-20(28)15-26-16-27(19-9-7-6-8-10-19)23(22(26)30)11-13-25(14-12-23)21(29)17(2)3/h6-10,17-18H,5,11-16H2,1-4H3,(H,24,28)/t18-/m0/s1. The van der Waals surface area contributed by atoms with E-state index in [1.54, 1.807) is 4.90 Å². The number of benzene rings is 1. The Morgan fingerprint density at radius 1 is 1.10 bits per heavy atom. The minimum Gasteiger partial charge on any atom is -0.352 e. The Morgan fingerprint density at radius 3 is 2.30 bits per heavy atom. The van der Waals surface area contributed by atoms with Crippen LogP contribution < -0.4 is 10.2 Å². The van der Waals surface area contributed by atoms with Crippen LogP contribution in [0.25, 0.3) is 0 Å². The first-order chi connectivity index (χ1) is 14.3. The fourth-order valence-corrected chi connectivity index (χ4v) is 4.38. The number of amides is 3. The van der Waals surface area contributed by atoms with E-state index in [1.165, 1.54) is 0 Å². The van der Waals surface area contributed by atoms with Crippen LogP contribution in [-0.2, 0) is 14.4 Å². The van der Waals surface area contributed by atoms with Gasteiger partial charge >= 0.3 is 0 Å². The molecule has 0 radical (unpaired) electrons. The van der Waals surface area contributed by atoms with Crippen molar-refractivity contribution < 1.29 is 14.4 Å². The zero-order valence-corrected chi connectivity index (χ0v) is 18.6.